The number of rotatable bonds is 8. The van der Waals surface area contributed by atoms with Crippen LogP contribution in [0.4, 0.5) is 0 Å². The molecule has 0 saturated carbocycles. The summed E-state index contributed by atoms with van der Waals surface area (Å²) < 4.78 is 38.0. The number of benzene rings is 1. The van der Waals surface area contributed by atoms with Crippen LogP contribution in [0.3, 0.4) is 0 Å². The summed E-state index contributed by atoms with van der Waals surface area (Å²) >= 11 is 0. The summed E-state index contributed by atoms with van der Waals surface area (Å²) in [6.07, 6.45) is 0.140. The lowest BCUT2D eigenvalue weighted by molar-refractivity contribution is -0.142. The molecule has 1 heterocycles. The van der Waals surface area contributed by atoms with Gasteiger partial charge in [-0.3, -0.25) is 4.79 Å². The van der Waals surface area contributed by atoms with Gasteiger partial charge in [-0.25, -0.2) is 13.1 Å². The van der Waals surface area contributed by atoms with E-state index in [1.165, 1.54) is 12.1 Å². The quantitative estimate of drug-likeness (QED) is 0.736. The van der Waals surface area contributed by atoms with Crippen molar-refractivity contribution >= 4 is 15.9 Å². The maximum Gasteiger partial charge on any atom is 0.263 e. The van der Waals surface area contributed by atoms with Gasteiger partial charge in [-0.1, -0.05) is 13.8 Å². The summed E-state index contributed by atoms with van der Waals surface area (Å²) in [5, 5.41) is 0. The fourth-order valence-electron chi connectivity index (χ4n) is 2.56. The molecule has 1 saturated heterocycles. The molecule has 0 aliphatic carbocycles. The van der Waals surface area contributed by atoms with Crippen LogP contribution in [-0.4, -0.2) is 58.2 Å². The Labute approximate surface area is 155 Å². The van der Waals surface area contributed by atoms with Gasteiger partial charge in [0.05, 0.1) is 18.1 Å². The number of nitrogens with zero attached hydrogens (tertiary/aromatic N) is 1. The van der Waals surface area contributed by atoms with Gasteiger partial charge >= 0.3 is 0 Å². The van der Waals surface area contributed by atoms with E-state index in [1.807, 2.05) is 13.8 Å². The molecule has 2 rings (SSSR count). The van der Waals surface area contributed by atoms with E-state index in [9.17, 15) is 13.2 Å². The molecule has 1 fully saturated rings. The lowest BCUT2D eigenvalue weighted by Gasteiger charge is -2.29. The molecule has 8 heteroatoms. The number of carbonyl (C=O) groups is 1. The van der Waals surface area contributed by atoms with Gasteiger partial charge in [0.2, 0.25) is 10.0 Å². The van der Waals surface area contributed by atoms with Crippen molar-refractivity contribution in [2.75, 3.05) is 32.8 Å². The number of ether oxygens (including phenoxy) is 2. The molecule has 1 atom stereocenters. The average molecular weight is 384 g/mol. The molecule has 0 unspecified atom stereocenters. The number of morpholine rings is 1. The molecule has 1 N–H and O–H groups in total. The lowest BCUT2D eigenvalue weighted by atomic mass is 10.1. The summed E-state index contributed by atoms with van der Waals surface area (Å²) in [5.41, 5.74) is 0. The van der Waals surface area contributed by atoms with E-state index in [-0.39, 0.29) is 10.8 Å². The third-order valence-corrected chi connectivity index (χ3v) is 5.61. The number of carbonyl (C=O) groups excluding carboxylic acids is 1. The predicted octanol–water partition coefficient (Wildman–Crippen LogP) is 1.64. The van der Waals surface area contributed by atoms with Gasteiger partial charge in [-0.2, -0.15) is 0 Å². The van der Waals surface area contributed by atoms with E-state index in [0.717, 1.165) is 6.42 Å². The lowest BCUT2D eigenvalue weighted by Crippen LogP contribution is -2.46. The predicted molar refractivity (Wildman–Crippen MR) is 98.6 cm³/mol. The third kappa shape index (κ3) is 5.96. The highest BCUT2D eigenvalue weighted by molar-refractivity contribution is 7.89. The maximum atomic E-state index is 12.3. The number of sulfonamides is 1. The Hall–Kier alpha value is -1.64. The average Bonchev–Trinajstić information content (AvgIpc) is 2.61. The Balaban J connectivity index is 1.92. The van der Waals surface area contributed by atoms with E-state index in [2.05, 4.69) is 4.72 Å². The molecule has 0 bridgehead atoms. The maximum absolute atomic E-state index is 12.3. The first-order chi connectivity index (χ1) is 12.3. The Bertz CT molecular complexity index is 682. The van der Waals surface area contributed by atoms with Crippen LogP contribution in [-0.2, 0) is 19.6 Å². The molecular weight excluding hydrogens is 356 g/mol. The molecule has 26 heavy (non-hydrogen) atoms. The Morgan fingerprint density at radius 2 is 1.81 bits per heavy atom. The van der Waals surface area contributed by atoms with Crippen LogP contribution in [0.25, 0.3) is 0 Å². The van der Waals surface area contributed by atoms with Crippen molar-refractivity contribution in [1.29, 1.82) is 0 Å². The molecule has 0 aromatic heterocycles. The van der Waals surface area contributed by atoms with Gasteiger partial charge in [0.25, 0.3) is 5.91 Å². The van der Waals surface area contributed by atoms with E-state index < -0.39 is 16.1 Å². The van der Waals surface area contributed by atoms with E-state index in [1.54, 1.807) is 24.0 Å². The van der Waals surface area contributed by atoms with Crippen molar-refractivity contribution < 1.29 is 22.7 Å². The molecule has 146 valence electrons. The Kier molecular flexibility index (Phi) is 7.43. The number of hydrogen-bond donors (Lipinski definition) is 1. The van der Waals surface area contributed by atoms with E-state index in [4.69, 9.17) is 9.47 Å². The smallest absolute Gasteiger partial charge is 0.263 e. The first-order valence-electron chi connectivity index (χ1n) is 8.92. The highest BCUT2D eigenvalue weighted by Gasteiger charge is 2.24. The molecule has 7 nitrogen and oxygen atoms in total. The zero-order valence-electron chi connectivity index (χ0n) is 15.6. The fraction of sp³-hybridized carbons (Fsp3) is 0.611. The highest BCUT2D eigenvalue weighted by Crippen LogP contribution is 2.18. The molecule has 1 aromatic rings. The van der Waals surface area contributed by atoms with Gasteiger partial charge in [0, 0.05) is 19.6 Å². The molecule has 1 amide bonds. The fourth-order valence-corrected chi connectivity index (χ4v) is 3.61. The number of nitrogens with one attached hydrogen (secondary N) is 1. The van der Waals surface area contributed by atoms with E-state index >= 15 is 0 Å². The topological polar surface area (TPSA) is 84.9 Å². The minimum absolute atomic E-state index is 0.0969. The summed E-state index contributed by atoms with van der Waals surface area (Å²) in [4.78, 5) is 14.2. The van der Waals surface area contributed by atoms with Crippen molar-refractivity contribution in [1.82, 2.24) is 9.62 Å². The zero-order valence-corrected chi connectivity index (χ0v) is 16.4. The van der Waals surface area contributed by atoms with Gasteiger partial charge in [-0.05, 0) is 43.5 Å². The molecule has 0 radical (unpaired) electrons. The largest absolute Gasteiger partial charge is 0.481 e. The SMILES string of the molecule is CC(C)CCNS(=O)(=O)c1ccc(O[C@H](C)C(=O)N2CCOCC2)cc1. The van der Waals surface area contributed by atoms with E-state index in [0.29, 0.717) is 44.5 Å². The third-order valence-electron chi connectivity index (χ3n) is 4.13. The number of amides is 1. The van der Waals surface area contributed by atoms with Crippen LogP contribution >= 0.6 is 0 Å². The Morgan fingerprint density at radius 1 is 1.19 bits per heavy atom. The normalized spacial score (nSPS) is 16.5. The van der Waals surface area contributed by atoms with Gasteiger partial charge in [0.15, 0.2) is 6.10 Å². The summed E-state index contributed by atoms with van der Waals surface area (Å²) in [5.74, 6) is 0.791. The Morgan fingerprint density at radius 3 is 2.38 bits per heavy atom. The van der Waals surface area contributed by atoms with Crippen molar-refractivity contribution in [3.05, 3.63) is 24.3 Å². The summed E-state index contributed by atoms with van der Waals surface area (Å²) in [6.45, 7) is 8.38. The van der Waals surface area contributed by atoms with Crippen molar-refractivity contribution in [3.63, 3.8) is 0 Å². The van der Waals surface area contributed by atoms with Gasteiger partial charge < -0.3 is 14.4 Å². The zero-order chi connectivity index (χ0) is 19.2. The first-order valence-corrected chi connectivity index (χ1v) is 10.4. The second kappa shape index (κ2) is 9.34. The standard InChI is InChI=1S/C18H28N2O5S/c1-14(2)8-9-19-26(22,23)17-6-4-16(5-7-17)25-15(3)18(21)20-10-12-24-13-11-20/h4-7,14-15,19H,8-13H2,1-3H3/t15-/m1/s1. The van der Waals surface area contributed by atoms with Crippen LogP contribution in [0, 0.1) is 5.92 Å². The summed E-state index contributed by atoms with van der Waals surface area (Å²) in [6, 6.07) is 6.11. The molecule has 1 aromatic carbocycles. The second-order valence-corrected chi connectivity index (χ2v) is 8.52. The van der Waals surface area contributed by atoms with Crippen LogP contribution < -0.4 is 9.46 Å². The van der Waals surface area contributed by atoms with Crippen molar-refractivity contribution in [3.8, 4) is 5.75 Å². The van der Waals surface area contributed by atoms with Crippen LogP contribution in [0.1, 0.15) is 27.2 Å². The highest BCUT2D eigenvalue weighted by atomic mass is 32.2. The van der Waals surface area contributed by atoms with Crippen LogP contribution in [0.5, 0.6) is 5.75 Å². The minimum atomic E-state index is -3.53. The summed E-state index contributed by atoms with van der Waals surface area (Å²) in [7, 11) is -3.53. The number of hydrogen-bond acceptors (Lipinski definition) is 5. The van der Waals surface area contributed by atoms with Crippen molar-refractivity contribution in [2.24, 2.45) is 5.92 Å². The van der Waals surface area contributed by atoms with Crippen LogP contribution in [0.2, 0.25) is 0 Å². The van der Waals surface area contributed by atoms with Crippen LogP contribution in [0.15, 0.2) is 29.2 Å². The molecule has 1 aliphatic heterocycles. The molecular formula is C18H28N2O5S. The first kappa shape index (κ1) is 20.7. The molecule has 0 spiro atoms. The monoisotopic (exact) mass is 384 g/mol. The second-order valence-electron chi connectivity index (χ2n) is 6.75. The van der Waals surface area contributed by atoms with Crippen molar-refractivity contribution in [2.45, 2.75) is 38.2 Å². The van der Waals surface area contributed by atoms with Gasteiger partial charge in [-0.15, -0.1) is 0 Å². The minimum Gasteiger partial charge on any atom is -0.481 e. The molecule has 1 aliphatic rings. The van der Waals surface area contributed by atoms with Gasteiger partial charge in [0.1, 0.15) is 5.75 Å².